The third-order valence-corrected chi connectivity index (χ3v) is 5.17. The van der Waals surface area contributed by atoms with E-state index in [0.717, 1.165) is 18.6 Å². The Morgan fingerprint density at radius 3 is 2.48 bits per heavy atom. The van der Waals surface area contributed by atoms with E-state index in [1.165, 1.54) is 50.8 Å². The summed E-state index contributed by atoms with van der Waals surface area (Å²) in [6.45, 7) is 3.48. The van der Waals surface area contributed by atoms with Crippen molar-refractivity contribution >= 4 is 0 Å². The molecule has 0 radical (unpaired) electrons. The molecule has 1 aromatic carbocycles. The maximum Gasteiger partial charge on any atom is 0.0230 e. The third kappa shape index (κ3) is 3.85. The van der Waals surface area contributed by atoms with Gasteiger partial charge in [0.1, 0.15) is 0 Å². The minimum Gasteiger partial charge on any atom is -0.328 e. The lowest BCUT2D eigenvalue weighted by Gasteiger charge is -2.38. The Morgan fingerprint density at radius 2 is 1.81 bits per heavy atom. The maximum absolute atomic E-state index is 6.15. The number of rotatable bonds is 6. The molecular formula is C18H29N3. The van der Waals surface area contributed by atoms with Crippen LogP contribution in [0.25, 0.3) is 0 Å². The molecule has 0 aliphatic carbocycles. The van der Waals surface area contributed by atoms with Gasteiger partial charge < -0.3 is 10.6 Å². The summed E-state index contributed by atoms with van der Waals surface area (Å²) in [5.74, 6) is 0. The van der Waals surface area contributed by atoms with Gasteiger partial charge in [-0.3, -0.25) is 4.90 Å². The highest BCUT2D eigenvalue weighted by molar-refractivity contribution is 5.14. The predicted octanol–water partition coefficient (Wildman–Crippen LogP) is 2.46. The second-order valence-corrected chi connectivity index (χ2v) is 6.93. The van der Waals surface area contributed by atoms with Gasteiger partial charge in [-0.25, -0.2) is 0 Å². The van der Waals surface area contributed by atoms with Crippen molar-refractivity contribution in [2.75, 3.05) is 20.1 Å². The monoisotopic (exact) mass is 287 g/mol. The van der Waals surface area contributed by atoms with Crippen LogP contribution in [0.5, 0.6) is 0 Å². The zero-order valence-electron chi connectivity index (χ0n) is 13.2. The van der Waals surface area contributed by atoms with Crippen LogP contribution in [0.4, 0.5) is 0 Å². The van der Waals surface area contributed by atoms with Crippen LogP contribution in [0.3, 0.4) is 0 Å². The van der Waals surface area contributed by atoms with E-state index in [-0.39, 0.29) is 0 Å². The molecular weight excluding hydrogens is 258 g/mol. The maximum atomic E-state index is 6.15. The second-order valence-electron chi connectivity index (χ2n) is 6.93. The normalized spacial score (nSPS) is 29.2. The topological polar surface area (TPSA) is 32.5 Å². The van der Waals surface area contributed by atoms with Gasteiger partial charge in [-0.2, -0.15) is 0 Å². The van der Waals surface area contributed by atoms with Crippen molar-refractivity contribution < 1.29 is 0 Å². The summed E-state index contributed by atoms with van der Waals surface area (Å²) in [5, 5.41) is 0. The Balaban J connectivity index is 1.40. The van der Waals surface area contributed by atoms with E-state index < -0.39 is 0 Å². The van der Waals surface area contributed by atoms with Crippen molar-refractivity contribution in [3.63, 3.8) is 0 Å². The molecule has 2 bridgehead atoms. The fourth-order valence-electron chi connectivity index (χ4n) is 4.18. The van der Waals surface area contributed by atoms with Crippen molar-refractivity contribution in [1.29, 1.82) is 0 Å². The minimum absolute atomic E-state index is 0.458. The largest absolute Gasteiger partial charge is 0.328 e. The number of hydrogen-bond acceptors (Lipinski definition) is 3. The standard InChI is InChI=1S/C18H29N3/c1-20(14-15-6-3-2-4-7-15)10-5-11-21-17-8-9-18(21)13-16(19)12-17/h2-4,6-7,16-18H,5,8-14,19H2,1H3. The van der Waals surface area contributed by atoms with E-state index in [1.54, 1.807) is 0 Å². The molecule has 0 amide bonds. The molecule has 1 aromatic rings. The molecule has 2 atom stereocenters. The molecule has 0 aromatic heterocycles. The Labute approximate surface area is 129 Å². The highest BCUT2D eigenvalue weighted by Crippen LogP contribution is 2.34. The number of fused-ring (bicyclic) bond motifs is 2. The quantitative estimate of drug-likeness (QED) is 0.872. The first-order valence-electron chi connectivity index (χ1n) is 8.46. The third-order valence-electron chi connectivity index (χ3n) is 5.17. The fourth-order valence-corrected chi connectivity index (χ4v) is 4.18. The van der Waals surface area contributed by atoms with Gasteiger partial charge in [0.05, 0.1) is 0 Å². The van der Waals surface area contributed by atoms with Crippen LogP contribution in [0.15, 0.2) is 30.3 Å². The average molecular weight is 287 g/mol. The SMILES string of the molecule is CN(CCCN1C2CCC1CC(N)C2)Cc1ccccc1. The Bertz CT molecular complexity index is 419. The number of nitrogens with two attached hydrogens (primary N) is 1. The molecule has 21 heavy (non-hydrogen) atoms. The average Bonchev–Trinajstić information content (AvgIpc) is 2.71. The summed E-state index contributed by atoms with van der Waals surface area (Å²) in [6.07, 6.45) is 6.45. The zero-order chi connectivity index (χ0) is 14.7. The van der Waals surface area contributed by atoms with E-state index in [0.29, 0.717) is 6.04 Å². The van der Waals surface area contributed by atoms with Gasteiger partial charge in [0, 0.05) is 24.7 Å². The fraction of sp³-hybridized carbons (Fsp3) is 0.667. The first-order valence-corrected chi connectivity index (χ1v) is 8.46. The Hall–Kier alpha value is -0.900. The smallest absolute Gasteiger partial charge is 0.0230 e. The van der Waals surface area contributed by atoms with Crippen molar-refractivity contribution in [1.82, 2.24) is 9.80 Å². The predicted molar refractivity (Wildman–Crippen MR) is 88.1 cm³/mol. The van der Waals surface area contributed by atoms with Crippen LogP contribution in [-0.2, 0) is 6.54 Å². The first kappa shape index (κ1) is 15.0. The molecule has 2 unspecified atom stereocenters. The van der Waals surface area contributed by atoms with E-state index >= 15 is 0 Å². The van der Waals surface area contributed by atoms with Gasteiger partial charge in [0.2, 0.25) is 0 Å². The molecule has 3 nitrogen and oxygen atoms in total. The summed E-state index contributed by atoms with van der Waals surface area (Å²) in [6, 6.07) is 12.8. The van der Waals surface area contributed by atoms with Crippen molar-refractivity contribution in [3.05, 3.63) is 35.9 Å². The van der Waals surface area contributed by atoms with Gasteiger partial charge in [-0.15, -0.1) is 0 Å². The van der Waals surface area contributed by atoms with Crippen molar-refractivity contribution in [3.8, 4) is 0 Å². The molecule has 116 valence electrons. The van der Waals surface area contributed by atoms with Gasteiger partial charge in [0.25, 0.3) is 0 Å². The highest BCUT2D eigenvalue weighted by atomic mass is 15.2. The van der Waals surface area contributed by atoms with E-state index in [2.05, 4.69) is 47.2 Å². The van der Waals surface area contributed by atoms with Gasteiger partial charge >= 0.3 is 0 Å². The lowest BCUT2D eigenvalue weighted by Crippen LogP contribution is -2.48. The lowest BCUT2D eigenvalue weighted by atomic mass is 9.98. The highest BCUT2D eigenvalue weighted by Gasteiger charge is 2.38. The Morgan fingerprint density at radius 1 is 1.14 bits per heavy atom. The Kier molecular flexibility index (Phi) is 4.94. The zero-order valence-corrected chi connectivity index (χ0v) is 13.2. The van der Waals surface area contributed by atoms with Crippen LogP contribution >= 0.6 is 0 Å². The van der Waals surface area contributed by atoms with Crippen LogP contribution in [0, 0.1) is 0 Å². The second kappa shape index (κ2) is 6.91. The summed E-state index contributed by atoms with van der Waals surface area (Å²) < 4.78 is 0. The number of hydrogen-bond donors (Lipinski definition) is 1. The van der Waals surface area contributed by atoms with Crippen LogP contribution in [0.1, 0.15) is 37.7 Å². The summed E-state index contributed by atoms with van der Waals surface area (Å²) in [5.41, 5.74) is 7.55. The molecule has 2 N–H and O–H groups in total. The minimum atomic E-state index is 0.458. The molecule has 0 saturated carbocycles. The van der Waals surface area contributed by atoms with E-state index in [4.69, 9.17) is 5.73 Å². The molecule has 2 aliphatic rings. The number of piperidine rings is 1. The molecule has 2 saturated heterocycles. The van der Waals surface area contributed by atoms with Gasteiger partial charge in [-0.05, 0) is 57.8 Å². The van der Waals surface area contributed by atoms with Crippen molar-refractivity contribution in [2.24, 2.45) is 5.73 Å². The number of nitrogens with zero attached hydrogens (tertiary/aromatic N) is 2. The van der Waals surface area contributed by atoms with Crippen LogP contribution < -0.4 is 5.73 Å². The summed E-state index contributed by atoms with van der Waals surface area (Å²) in [7, 11) is 2.23. The number of benzene rings is 1. The molecule has 0 spiro atoms. The van der Waals surface area contributed by atoms with Crippen LogP contribution in [-0.4, -0.2) is 48.1 Å². The van der Waals surface area contributed by atoms with Crippen LogP contribution in [0.2, 0.25) is 0 Å². The van der Waals surface area contributed by atoms with E-state index in [1.807, 2.05) is 0 Å². The van der Waals surface area contributed by atoms with Crippen molar-refractivity contribution in [2.45, 2.75) is 56.8 Å². The van der Waals surface area contributed by atoms with Gasteiger partial charge in [0.15, 0.2) is 0 Å². The molecule has 2 aliphatic heterocycles. The molecule has 3 heteroatoms. The summed E-state index contributed by atoms with van der Waals surface area (Å²) >= 11 is 0. The first-order chi connectivity index (χ1) is 10.2. The van der Waals surface area contributed by atoms with Gasteiger partial charge in [-0.1, -0.05) is 30.3 Å². The molecule has 2 heterocycles. The van der Waals surface area contributed by atoms with E-state index in [9.17, 15) is 0 Å². The lowest BCUT2D eigenvalue weighted by molar-refractivity contribution is 0.121. The summed E-state index contributed by atoms with van der Waals surface area (Å²) in [4.78, 5) is 5.19. The molecule has 3 rings (SSSR count). The molecule has 2 fully saturated rings.